The maximum absolute atomic E-state index is 4.60. The third-order valence-corrected chi connectivity index (χ3v) is 3.72. The van der Waals surface area contributed by atoms with Gasteiger partial charge in [-0.2, -0.15) is 5.10 Å². The van der Waals surface area contributed by atoms with Crippen molar-refractivity contribution in [2.75, 3.05) is 24.3 Å². The Morgan fingerprint density at radius 3 is 2.43 bits per heavy atom. The van der Waals surface area contributed by atoms with E-state index in [9.17, 15) is 0 Å². The van der Waals surface area contributed by atoms with Gasteiger partial charge in [0.25, 0.3) is 0 Å². The molecule has 21 heavy (non-hydrogen) atoms. The van der Waals surface area contributed by atoms with Crippen molar-refractivity contribution in [3.63, 3.8) is 0 Å². The molecule has 0 unspecified atom stereocenters. The number of imidazole rings is 1. The molecule has 6 nitrogen and oxygen atoms in total. The Balaban J connectivity index is 2.17. The van der Waals surface area contributed by atoms with Crippen molar-refractivity contribution in [1.82, 2.24) is 19.3 Å². The molecule has 0 atom stereocenters. The van der Waals surface area contributed by atoms with Crippen molar-refractivity contribution < 1.29 is 0 Å². The predicted octanol–water partition coefficient (Wildman–Crippen LogP) is 2.49. The van der Waals surface area contributed by atoms with Gasteiger partial charge in [0.05, 0.1) is 35.5 Å². The summed E-state index contributed by atoms with van der Waals surface area (Å²) >= 11 is 0. The molecule has 2 heterocycles. The molecule has 0 aliphatic carbocycles. The standard InChI is InChI=1S/C15H26N6/c1-10(2)21-12(4)14(11(3)18-21)16-8-13-9-17-15(19(5)6)20(13)7/h9-10,16H,8H2,1-7H3. The summed E-state index contributed by atoms with van der Waals surface area (Å²) in [6, 6.07) is 0.372. The normalized spacial score (nSPS) is 11.2. The highest BCUT2D eigenvalue weighted by Gasteiger charge is 2.14. The highest BCUT2D eigenvalue weighted by Crippen LogP contribution is 2.23. The minimum atomic E-state index is 0.372. The highest BCUT2D eigenvalue weighted by molar-refractivity contribution is 5.52. The van der Waals surface area contributed by atoms with E-state index in [1.54, 1.807) is 0 Å². The zero-order valence-corrected chi connectivity index (χ0v) is 14.1. The summed E-state index contributed by atoms with van der Waals surface area (Å²) < 4.78 is 4.16. The summed E-state index contributed by atoms with van der Waals surface area (Å²) in [6.45, 7) is 9.18. The third kappa shape index (κ3) is 2.89. The lowest BCUT2D eigenvalue weighted by atomic mass is 10.3. The molecule has 2 aromatic rings. The summed E-state index contributed by atoms with van der Waals surface area (Å²) in [4.78, 5) is 6.44. The van der Waals surface area contributed by atoms with Gasteiger partial charge in [-0.3, -0.25) is 4.68 Å². The molecule has 0 aliphatic rings. The maximum atomic E-state index is 4.60. The fraction of sp³-hybridized carbons (Fsp3) is 0.600. The number of nitrogens with one attached hydrogen (secondary N) is 1. The molecule has 0 amide bonds. The number of anilines is 2. The van der Waals surface area contributed by atoms with Crippen molar-refractivity contribution in [3.8, 4) is 0 Å². The number of aryl methyl sites for hydroxylation is 1. The minimum Gasteiger partial charge on any atom is -0.376 e. The second kappa shape index (κ2) is 5.79. The zero-order chi connectivity index (χ0) is 15.7. The lowest BCUT2D eigenvalue weighted by Gasteiger charge is -2.13. The average molecular weight is 290 g/mol. The van der Waals surface area contributed by atoms with Gasteiger partial charge in [-0.05, 0) is 27.7 Å². The van der Waals surface area contributed by atoms with E-state index < -0.39 is 0 Å². The molecule has 0 bridgehead atoms. The highest BCUT2D eigenvalue weighted by atomic mass is 15.3. The van der Waals surface area contributed by atoms with Crippen LogP contribution in [-0.2, 0) is 13.6 Å². The van der Waals surface area contributed by atoms with E-state index in [4.69, 9.17) is 0 Å². The molecule has 2 rings (SSSR count). The molecule has 0 spiro atoms. The number of nitrogens with zero attached hydrogens (tertiary/aromatic N) is 5. The van der Waals surface area contributed by atoms with Gasteiger partial charge in [-0.25, -0.2) is 4.98 Å². The molecule has 0 radical (unpaired) electrons. The molecule has 6 heteroatoms. The van der Waals surface area contributed by atoms with Gasteiger partial charge in [-0.15, -0.1) is 0 Å². The van der Waals surface area contributed by atoms with Crippen LogP contribution in [0.4, 0.5) is 11.6 Å². The monoisotopic (exact) mass is 290 g/mol. The fourth-order valence-electron chi connectivity index (χ4n) is 2.61. The first-order valence-electron chi connectivity index (χ1n) is 7.30. The molecule has 2 aromatic heterocycles. The van der Waals surface area contributed by atoms with Crippen LogP contribution in [0.5, 0.6) is 0 Å². The summed E-state index contributed by atoms with van der Waals surface area (Å²) in [5.41, 5.74) is 4.49. The first-order valence-corrected chi connectivity index (χ1v) is 7.30. The Morgan fingerprint density at radius 2 is 1.95 bits per heavy atom. The number of hydrogen-bond acceptors (Lipinski definition) is 4. The van der Waals surface area contributed by atoms with Crippen LogP contribution in [-0.4, -0.2) is 33.4 Å². The summed E-state index contributed by atoms with van der Waals surface area (Å²) in [5, 5.41) is 8.10. The Kier molecular flexibility index (Phi) is 4.25. The smallest absolute Gasteiger partial charge is 0.204 e. The van der Waals surface area contributed by atoms with Gasteiger partial charge in [-0.1, -0.05) is 0 Å². The first-order chi connectivity index (χ1) is 9.82. The quantitative estimate of drug-likeness (QED) is 0.919. The van der Waals surface area contributed by atoms with Gasteiger partial charge in [0.15, 0.2) is 0 Å². The zero-order valence-electron chi connectivity index (χ0n) is 14.1. The van der Waals surface area contributed by atoms with E-state index in [0.29, 0.717) is 6.04 Å². The van der Waals surface area contributed by atoms with Crippen LogP contribution in [0, 0.1) is 13.8 Å². The molecule has 0 aliphatic heterocycles. The van der Waals surface area contributed by atoms with Gasteiger partial charge < -0.3 is 14.8 Å². The second-order valence-electron chi connectivity index (χ2n) is 5.94. The Labute approximate surface area is 126 Å². The van der Waals surface area contributed by atoms with Gasteiger partial charge in [0.1, 0.15) is 0 Å². The van der Waals surface area contributed by atoms with Gasteiger partial charge >= 0.3 is 0 Å². The summed E-state index contributed by atoms with van der Waals surface area (Å²) in [7, 11) is 6.04. The van der Waals surface area contributed by atoms with Crippen LogP contribution >= 0.6 is 0 Å². The van der Waals surface area contributed by atoms with E-state index in [-0.39, 0.29) is 0 Å². The van der Waals surface area contributed by atoms with E-state index >= 15 is 0 Å². The number of aromatic nitrogens is 4. The van der Waals surface area contributed by atoms with Crippen LogP contribution in [0.3, 0.4) is 0 Å². The lowest BCUT2D eigenvalue weighted by molar-refractivity contribution is 0.516. The molecule has 0 saturated heterocycles. The van der Waals surface area contributed by atoms with Crippen LogP contribution in [0.15, 0.2) is 6.20 Å². The molecule has 116 valence electrons. The molecular formula is C15H26N6. The summed E-state index contributed by atoms with van der Waals surface area (Å²) in [5.74, 6) is 0.957. The molecule has 1 N–H and O–H groups in total. The van der Waals surface area contributed by atoms with Crippen LogP contribution in [0.25, 0.3) is 0 Å². The van der Waals surface area contributed by atoms with Crippen molar-refractivity contribution in [2.45, 2.75) is 40.3 Å². The maximum Gasteiger partial charge on any atom is 0.204 e. The van der Waals surface area contributed by atoms with E-state index in [1.807, 2.05) is 39.2 Å². The van der Waals surface area contributed by atoms with Crippen molar-refractivity contribution in [2.24, 2.45) is 7.05 Å². The van der Waals surface area contributed by atoms with Crippen LogP contribution in [0.1, 0.15) is 37.0 Å². The van der Waals surface area contributed by atoms with Crippen molar-refractivity contribution in [3.05, 3.63) is 23.3 Å². The lowest BCUT2D eigenvalue weighted by Crippen LogP contribution is -2.15. The summed E-state index contributed by atoms with van der Waals surface area (Å²) in [6.07, 6.45) is 1.92. The van der Waals surface area contributed by atoms with Crippen LogP contribution in [0.2, 0.25) is 0 Å². The largest absolute Gasteiger partial charge is 0.376 e. The molecule has 0 fully saturated rings. The fourth-order valence-corrected chi connectivity index (χ4v) is 2.61. The number of rotatable bonds is 5. The Bertz CT molecular complexity index is 620. The Hall–Kier alpha value is -1.98. The average Bonchev–Trinajstić information content (AvgIpc) is 2.89. The van der Waals surface area contributed by atoms with Crippen molar-refractivity contribution >= 4 is 11.6 Å². The first kappa shape index (κ1) is 15.4. The van der Waals surface area contributed by atoms with E-state index in [0.717, 1.165) is 29.6 Å². The topological polar surface area (TPSA) is 50.9 Å². The number of hydrogen-bond donors (Lipinski definition) is 1. The van der Waals surface area contributed by atoms with Gasteiger partial charge in [0, 0.05) is 27.2 Å². The molecule has 0 aromatic carbocycles. The van der Waals surface area contributed by atoms with E-state index in [1.165, 1.54) is 5.69 Å². The van der Waals surface area contributed by atoms with Crippen molar-refractivity contribution in [1.29, 1.82) is 0 Å². The van der Waals surface area contributed by atoms with Gasteiger partial charge in [0.2, 0.25) is 5.95 Å². The second-order valence-corrected chi connectivity index (χ2v) is 5.94. The predicted molar refractivity (Wildman–Crippen MR) is 86.9 cm³/mol. The Morgan fingerprint density at radius 1 is 1.29 bits per heavy atom. The third-order valence-electron chi connectivity index (χ3n) is 3.72. The minimum absolute atomic E-state index is 0.372. The molecular weight excluding hydrogens is 264 g/mol. The SMILES string of the molecule is Cc1nn(C(C)C)c(C)c1NCc1cnc(N(C)C)n1C. The van der Waals surface area contributed by atoms with Crippen LogP contribution < -0.4 is 10.2 Å². The van der Waals surface area contributed by atoms with E-state index in [2.05, 4.69) is 45.4 Å². The molecule has 0 saturated carbocycles.